The van der Waals surface area contributed by atoms with Crippen LogP contribution in [0, 0.1) is 0 Å². The minimum Gasteiger partial charge on any atom is -0.331 e. The third-order valence-electron chi connectivity index (χ3n) is 3.27. The quantitative estimate of drug-likeness (QED) is 0.669. The van der Waals surface area contributed by atoms with Crippen LogP contribution in [0.25, 0.3) is 0 Å². The molecule has 3 aromatic rings. The van der Waals surface area contributed by atoms with Crippen molar-refractivity contribution in [2.75, 3.05) is 0 Å². The van der Waals surface area contributed by atoms with Gasteiger partial charge >= 0.3 is 0 Å². The highest BCUT2D eigenvalue weighted by atomic mass is 31.2. The van der Waals surface area contributed by atoms with Crippen molar-refractivity contribution in [3.63, 3.8) is 0 Å². The van der Waals surface area contributed by atoms with Crippen molar-refractivity contribution in [3.05, 3.63) is 55.1 Å². The molecule has 0 bridgehead atoms. The predicted molar refractivity (Wildman–Crippen MR) is 79.4 cm³/mol. The average Bonchev–Trinajstić information content (AvgIpc) is 3.08. The summed E-state index contributed by atoms with van der Waals surface area (Å²) in [5, 5.41) is 0.739. The lowest BCUT2D eigenvalue weighted by atomic mass is 10.4. The number of imidazole rings is 2. The molecule has 0 fully saturated rings. The van der Waals surface area contributed by atoms with Gasteiger partial charge in [-0.25, -0.2) is 9.97 Å². The molecule has 0 unspecified atom stereocenters. The van der Waals surface area contributed by atoms with Crippen LogP contribution < -0.4 is 16.4 Å². The van der Waals surface area contributed by atoms with Gasteiger partial charge in [-0.2, -0.15) is 0 Å². The molecule has 0 saturated heterocycles. The number of nitrogens with zero attached hydrogens (tertiary/aromatic N) is 4. The molecule has 1 aromatic carbocycles. The molecule has 0 saturated carbocycles. The van der Waals surface area contributed by atoms with Crippen molar-refractivity contribution in [2.45, 2.75) is 0 Å². The van der Waals surface area contributed by atoms with Crippen molar-refractivity contribution in [1.29, 1.82) is 0 Å². The first-order valence-electron chi connectivity index (χ1n) is 6.25. The number of aromatic nitrogens is 4. The van der Waals surface area contributed by atoms with Crippen molar-refractivity contribution in [1.82, 2.24) is 19.1 Å². The second-order valence-electron chi connectivity index (χ2n) is 4.62. The third kappa shape index (κ3) is 1.82. The standard InChI is InChI=1S/C14H15N4OP/c1-17-10-8-15-13(17)20(19,12-6-4-3-5-7-12)14-16-9-11-18(14)2/h3-11H,1-2H3. The molecular weight excluding hydrogens is 271 g/mol. The highest BCUT2D eigenvalue weighted by molar-refractivity contribution is 7.84. The second-order valence-corrected chi connectivity index (χ2v) is 7.16. The predicted octanol–water partition coefficient (Wildman–Crippen LogP) is 0.793. The number of aryl methyl sites for hydroxylation is 2. The first kappa shape index (κ1) is 12.9. The molecule has 0 amide bonds. The van der Waals surface area contributed by atoms with Crippen molar-refractivity contribution in [2.24, 2.45) is 14.1 Å². The Morgan fingerprint density at radius 1 is 0.900 bits per heavy atom. The van der Waals surface area contributed by atoms with Gasteiger partial charge in [-0.05, 0) is 0 Å². The van der Waals surface area contributed by atoms with Gasteiger partial charge in [-0.15, -0.1) is 0 Å². The zero-order chi connectivity index (χ0) is 14.2. The number of hydrogen-bond acceptors (Lipinski definition) is 3. The van der Waals surface area contributed by atoms with Crippen LogP contribution >= 0.6 is 7.14 Å². The summed E-state index contributed by atoms with van der Waals surface area (Å²) < 4.78 is 17.4. The lowest BCUT2D eigenvalue weighted by Crippen LogP contribution is -2.34. The van der Waals surface area contributed by atoms with E-state index in [4.69, 9.17) is 0 Å². The van der Waals surface area contributed by atoms with Gasteiger partial charge in [0, 0.05) is 44.2 Å². The van der Waals surface area contributed by atoms with Crippen molar-refractivity contribution in [3.8, 4) is 0 Å². The van der Waals surface area contributed by atoms with Gasteiger partial charge in [0.15, 0.2) is 11.1 Å². The summed E-state index contributed by atoms with van der Waals surface area (Å²) >= 11 is 0. The third-order valence-corrected chi connectivity index (χ3v) is 6.29. The molecule has 2 heterocycles. The molecule has 0 aliphatic carbocycles. The SMILES string of the molecule is Cn1ccnc1P(=O)(c1ccccc1)c1nccn1C. The fourth-order valence-corrected chi connectivity index (χ4v) is 4.99. The molecule has 20 heavy (non-hydrogen) atoms. The van der Waals surface area contributed by atoms with E-state index in [0.717, 1.165) is 5.30 Å². The minimum atomic E-state index is -3.05. The summed E-state index contributed by atoms with van der Waals surface area (Å²) in [5.74, 6) is 0. The van der Waals surface area contributed by atoms with E-state index in [1.54, 1.807) is 33.9 Å². The Kier molecular flexibility index (Phi) is 3.07. The molecule has 0 radical (unpaired) electrons. The maximum absolute atomic E-state index is 13.8. The molecule has 0 N–H and O–H groups in total. The summed E-state index contributed by atoms with van der Waals surface area (Å²) in [6.07, 6.45) is 6.92. The van der Waals surface area contributed by atoms with Crippen LogP contribution in [0.5, 0.6) is 0 Å². The Hall–Kier alpha value is -2.13. The summed E-state index contributed by atoms with van der Waals surface area (Å²) in [4.78, 5) is 8.62. The van der Waals surface area contributed by atoms with E-state index in [1.165, 1.54) is 0 Å². The Morgan fingerprint density at radius 3 is 1.80 bits per heavy atom. The Bertz CT molecular complexity index is 731. The van der Waals surface area contributed by atoms with E-state index in [1.807, 2.05) is 44.4 Å². The van der Waals surface area contributed by atoms with Gasteiger partial charge in [-0.1, -0.05) is 30.3 Å². The molecular formula is C14H15N4OP. The molecule has 5 nitrogen and oxygen atoms in total. The molecule has 0 spiro atoms. The van der Waals surface area contributed by atoms with Crippen LogP contribution in [-0.2, 0) is 18.7 Å². The Balaban J connectivity index is 2.33. The minimum absolute atomic E-state index is 0.540. The molecule has 0 aliphatic heterocycles. The van der Waals surface area contributed by atoms with Crippen LogP contribution in [0.4, 0.5) is 0 Å². The molecule has 102 valence electrons. The van der Waals surface area contributed by atoms with Gasteiger partial charge in [-0.3, -0.25) is 0 Å². The zero-order valence-corrected chi connectivity index (χ0v) is 12.2. The maximum Gasteiger partial charge on any atom is 0.238 e. The normalized spacial score (nSPS) is 11.7. The van der Waals surface area contributed by atoms with E-state index in [2.05, 4.69) is 9.97 Å². The van der Waals surface area contributed by atoms with Gasteiger partial charge in [0.05, 0.1) is 0 Å². The topological polar surface area (TPSA) is 52.7 Å². The highest BCUT2D eigenvalue weighted by Gasteiger charge is 2.36. The Morgan fingerprint density at radius 2 is 1.40 bits per heavy atom. The monoisotopic (exact) mass is 286 g/mol. The fraction of sp³-hybridized carbons (Fsp3) is 0.143. The molecule has 0 atom stereocenters. The lowest BCUT2D eigenvalue weighted by Gasteiger charge is -2.18. The first-order chi connectivity index (χ1) is 9.64. The van der Waals surface area contributed by atoms with E-state index in [0.29, 0.717) is 11.1 Å². The average molecular weight is 286 g/mol. The van der Waals surface area contributed by atoms with E-state index in [-0.39, 0.29) is 0 Å². The smallest absolute Gasteiger partial charge is 0.238 e. The molecule has 0 aliphatic rings. The molecule has 2 aromatic heterocycles. The highest BCUT2D eigenvalue weighted by Crippen LogP contribution is 2.40. The summed E-state index contributed by atoms with van der Waals surface area (Å²) in [5.41, 5.74) is 1.08. The maximum atomic E-state index is 13.8. The lowest BCUT2D eigenvalue weighted by molar-refractivity contribution is 0.588. The number of benzene rings is 1. The summed E-state index contributed by atoms with van der Waals surface area (Å²) in [6, 6.07) is 9.40. The zero-order valence-electron chi connectivity index (χ0n) is 11.3. The fourth-order valence-electron chi connectivity index (χ4n) is 2.28. The summed E-state index contributed by atoms with van der Waals surface area (Å²) in [6.45, 7) is 0. The first-order valence-corrected chi connectivity index (χ1v) is 7.96. The van der Waals surface area contributed by atoms with Gasteiger partial charge in [0.2, 0.25) is 7.14 Å². The molecule has 3 rings (SSSR count). The number of hydrogen-bond donors (Lipinski definition) is 0. The van der Waals surface area contributed by atoms with Crippen molar-refractivity contribution < 1.29 is 4.57 Å². The van der Waals surface area contributed by atoms with E-state index < -0.39 is 7.14 Å². The Labute approximate surface area is 117 Å². The van der Waals surface area contributed by atoms with Gasteiger partial charge < -0.3 is 13.7 Å². The van der Waals surface area contributed by atoms with E-state index >= 15 is 0 Å². The largest absolute Gasteiger partial charge is 0.331 e. The summed E-state index contributed by atoms with van der Waals surface area (Å²) in [7, 11) is 0.644. The molecule has 6 heteroatoms. The van der Waals surface area contributed by atoms with Crippen LogP contribution in [-0.4, -0.2) is 19.1 Å². The van der Waals surface area contributed by atoms with Crippen LogP contribution in [0.2, 0.25) is 0 Å². The number of rotatable bonds is 3. The van der Waals surface area contributed by atoms with Crippen LogP contribution in [0.1, 0.15) is 0 Å². The second kappa shape index (κ2) is 4.76. The van der Waals surface area contributed by atoms with Gasteiger partial charge in [0.1, 0.15) is 0 Å². The van der Waals surface area contributed by atoms with Crippen molar-refractivity contribution >= 4 is 23.6 Å². The van der Waals surface area contributed by atoms with Crippen LogP contribution in [0.15, 0.2) is 55.1 Å². The van der Waals surface area contributed by atoms with Crippen LogP contribution in [0.3, 0.4) is 0 Å². The van der Waals surface area contributed by atoms with Gasteiger partial charge in [0.25, 0.3) is 0 Å². The van der Waals surface area contributed by atoms with E-state index in [9.17, 15) is 4.57 Å².